The van der Waals surface area contributed by atoms with Gasteiger partial charge < -0.3 is 15.5 Å². The Balaban J connectivity index is 1.85. The van der Waals surface area contributed by atoms with Crippen LogP contribution in [0.25, 0.3) is 0 Å². The molecule has 0 bridgehead atoms. The third-order valence-electron chi connectivity index (χ3n) is 7.92. The first-order chi connectivity index (χ1) is 18.0. The number of piperidine rings is 1. The van der Waals surface area contributed by atoms with Crippen molar-refractivity contribution in [3.63, 3.8) is 0 Å². The van der Waals surface area contributed by atoms with Crippen molar-refractivity contribution in [2.24, 2.45) is 23.7 Å². The standard InChI is InChI=1S/C24H35Cl2F2N5O5/c1-3-12(2)16(30-22(36)18(25)27)23(37)32-10-13-6-4-8-15(13)17(32)21(35)31-33(24(38)19(26)28)11-14-7-5-9-29-20(14)34/h12-19H,3-11H2,1-2H3,(H,29,34)(H,30,36)(H,31,35)/t12-,13-,14+,15-,16-,17-,18+,19+/m0/s1. The number of hydrogen-bond acceptors (Lipinski definition) is 5. The number of likely N-dealkylation sites (tertiary alicyclic amines) is 1. The van der Waals surface area contributed by atoms with E-state index in [1.165, 1.54) is 4.90 Å². The lowest BCUT2D eigenvalue weighted by molar-refractivity contribution is -0.150. The number of fused-ring (bicyclic) bond motifs is 1. The van der Waals surface area contributed by atoms with Gasteiger partial charge in [-0.15, -0.1) is 0 Å². The van der Waals surface area contributed by atoms with Gasteiger partial charge in [-0.1, -0.05) is 49.9 Å². The van der Waals surface area contributed by atoms with Crippen LogP contribution in [0.2, 0.25) is 0 Å². The van der Waals surface area contributed by atoms with Gasteiger partial charge in [-0.25, -0.2) is 13.8 Å². The molecule has 2 aliphatic heterocycles. The van der Waals surface area contributed by atoms with E-state index < -0.39 is 58.8 Å². The normalized spacial score (nSPS) is 27.9. The molecule has 3 aliphatic rings. The van der Waals surface area contributed by atoms with Crippen LogP contribution in [0, 0.1) is 23.7 Å². The summed E-state index contributed by atoms with van der Waals surface area (Å²) in [4.78, 5) is 65.5. The first-order valence-electron chi connectivity index (χ1n) is 13.0. The summed E-state index contributed by atoms with van der Waals surface area (Å²) >= 11 is 10.7. The monoisotopic (exact) mass is 581 g/mol. The van der Waals surface area contributed by atoms with Crippen molar-refractivity contribution in [2.45, 2.75) is 75.7 Å². The number of nitrogens with one attached hydrogen (secondary N) is 3. The van der Waals surface area contributed by atoms with Gasteiger partial charge in [-0.3, -0.25) is 29.4 Å². The van der Waals surface area contributed by atoms with Gasteiger partial charge in [-0.2, -0.15) is 0 Å². The van der Waals surface area contributed by atoms with E-state index in [9.17, 15) is 32.8 Å². The number of hydrazine groups is 1. The summed E-state index contributed by atoms with van der Waals surface area (Å²) in [7, 11) is 0. The SMILES string of the molecule is CC[C@H](C)[C@H](NC(=O)[C@@H](F)Cl)C(=O)N1C[C@@H]2CCC[C@@H]2[C@H]1C(=O)NN(C[C@H]1CCCNC1=O)C(=O)[C@@H](F)Cl. The van der Waals surface area contributed by atoms with Gasteiger partial charge >= 0.3 is 0 Å². The fraction of sp³-hybridized carbons (Fsp3) is 0.792. The summed E-state index contributed by atoms with van der Waals surface area (Å²) in [6.07, 6.45) is 3.86. The van der Waals surface area contributed by atoms with Crippen LogP contribution in [0.5, 0.6) is 0 Å². The fourth-order valence-corrected chi connectivity index (χ4v) is 5.86. The van der Waals surface area contributed by atoms with Gasteiger partial charge in [0.1, 0.15) is 12.1 Å². The summed E-state index contributed by atoms with van der Waals surface area (Å²) in [6.45, 7) is 3.97. The quantitative estimate of drug-likeness (QED) is 0.281. The molecule has 1 aliphatic carbocycles. The second-order valence-electron chi connectivity index (χ2n) is 10.3. The van der Waals surface area contributed by atoms with Crippen LogP contribution in [0.1, 0.15) is 52.4 Å². The zero-order valence-corrected chi connectivity index (χ0v) is 22.9. The molecule has 3 rings (SSSR count). The molecule has 5 amide bonds. The number of carbonyl (C=O) groups is 5. The highest BCUT2D eigenvalue weighted by Gasteiger charge is 2.51. The first kappa shape index (κ1) is 30.3. The maximum Gasteiger partial charge on any atom is 0.291 e. The minimum absolute atomic E-state index is 0.0140. The molecule has 10 nitrogen and oxygen atoms in total. The maximum atomic E-state index is 13.8. The molecule has 0 unspecified atom stereocenters. The number of carbonyl (C=O) groups excluding carboxylic acids is 5. The predicted octanol–water partition coefficient (Wildman–Crippen LogP) is 1.60. The number of amides is 5. The van der Waals surface area contributed by atoms with Crippen molar-refractivity contribution in [1.82, 2.24) is 26.0 Å². The van der Waals surface area contributed by atoms with Crippen molar-refractivity contribution in [3.8, 4) is 0 Å². The molecular weight excluding hydrogens is 547 g/mol. The van der Waals surface area contributed by atoms with Crippen LogP contribution in [0.3, 0.4) is 0 Å². The second-order valence-corrected chi connectivity index (χ2v) is 11.1. The minimum Gasteiger partial charge on any atom is -0.356 e. The molecule has 3 N–H and O–H groups in total. The highest BCUT2D eigenvalue weighted by atomic mass is 35.5. The Morgan fingerprint density at radius 3 is 2.45 bits per heavy atom. The van der Waals surface area contributed by atoms with E-state index in [-0.39, 0.29) is 30.8 Å². The molecule has 0 aromatic carbocycles. The van der Waals surface area contributed by atoms with E-state index in [1.807, 2.05) is 0 Å². The highest BCUT2D eigenvalue weighted by Crippen LogP contribution is 2.42. The number of nitrogens with zero attached hydrogens (tertiary/aromatic N) is 2. The van der Waals surface area contributed by atoms with Crippen LogP contribution in [0.15, 0.2) is 0 Å². The topological polar surface area (TPSA) is 128 Å². The van der Waals surface area contributed by atoms with Gasteiger partial charge in [0.2, 0.25) is 11.8 Å². The second kappa shape index (κ2) is 13.2. The van der Waals surface area contributed by atoms with E-state index in [0.29, 0.717) is 32.2 Å². The molecule has 2 heterocycles. The molecule has 8 atom stereocenters. The molecule has 0 aromatic heterocycles. The molecule has 0 radical (unpaired) electrons. The van der Waals surface area contributed by atoms with Gasteiger partial charge in [0.05, 0.1) is 12.5 Å². The van der Waals surface area contributed by atoms with Crippen LogP contribution < -0.4 is 16.1 Å². The average Bonchev–Trinajstić information content (AvgIpc) is 3.48. The third kappa shape index (κ3) is 6.86. The summed E-state index contributed by atoms with van der Waals surface area (Å²) in [6, 6.07) is -2.14. The average molecular weight is 582 g/mol. The van der Waals surface area contributed by atoms with E-state index in [2.05, 4.69) is 16.1 Å². The Labute approximate surface area is 230 Å². The van der Waals surface area contributed by atoms with Gasteiger partial charge in [0.15, 0.2) is 0 Å². The number of halogens is 4. The zero-order chi connectivity index (χ0) is 28.1. The van der Waals surface area contributed by atoms with Gasteiger partial charge in [-0.05, 0) is 43.4 Å². The summed E-state index contributed by atoms with van der Waals surface area (Å²) in [5.74, 6) is -5.24. The molecule has 0 aromatic rings. The third-order valence-corrected chi connectivity index (χ3v) is 8.30. The van der Waals surface area contributed by atoms with Crippen molar-refractivity contribution < 1.29 is 32.8 Å². The van der Waals surface area contributed by atoms with E-state index in [4.69, 9.17) is 23.2 Å². The van der Waals surface area contributed by atoms with E-state index in [0.717, 1.165) is 17.9 Å². The zero-order valence-electron chi connectivity index (χ0n) is 21.4. The smallest absolute Gasteiger partial charge is 0.291 e. The van der Waals surface area contributed by atoms with Crippen LogP contribution >= 0.6 is 23.2 Å². The Bertz CT molecular complexity index is 927. The molecule has 14 heteroatoms. The molecule has 0 spiro atoms. The first-order valence-corrected chi connectivity index (χ1v) is 13.9. The molecule has 3 fully saturated rings. The maximum absolute atomic E-state index is 13.8. The number of alkyl halides is 4. The van der Waals surface area contributed by atoms with Crippen molar-refractivity contribution >= 4 is 52.7 Å². The summed E-state index contributed by atoms with van der Waals surface area (Å²) in [5.41, 5.74) is -2.36. The Kier molecular flexibility index (Phi) is 10.6. The van der Waals surface area contributed by atoms with Crippen LogP contribution in [-0.2, 0) is 24.0 Å². The molecule has 214 valence electrons. The van der Waals surface area contributed by atoms with Crippen molar-refractivity contribution in [3.05, 3.63) is 0 Å². The highest BCUT2D eigenvalue weighted by molar-refractivity contribution is 6.30. The summed E-state index contributed by atoms with van der Waals surface area (Å²) < 4.78 is 27.3. The predicted molar refractivity (Wildman–Crippen MR) is 135 cm³/mol. The van der Waals surface area contributed by atoms with Crippen LogP contribution in [0.4, 0.5) is 8.78 Å². The largest absolute Gasteiger partial charge is 0.356 e. The number of rotatable bonds is 9. The lowest BCUT2D eigenvalue weighted by Gasteiger charge is -2.35. The molecular formula is C24H35Cl2F2N5O5. The number of hydrogen-bond donors (Lipinski definition) is 3. The van der Waals surface area contributed by atoms with E-state index in [1.54, 1.807) is 13.8 Å². The van der Waals surface area contributed by atoms with E-state index >= 15 is 0 Å². The minimum atomic E-state index is -2.45. The summed E-state index contributed by atoms with van der Waals surface area (Å²) in [5, 5.41) is 5.75. The van der Waals surface area contributed by atoms with Crippen LogP contribution in [-0.4, -0.2) is 82.4 Å². The molecule has 38 heavy (non-hydrogen) atoms. The van der Waals surface area contributed by atoms with Crippen molar-refractivity contribution in [2.75, 3.05) is 19.6 Å². The lowest BCUT2D eigenvalue weighted by atomic mass is 9.93. The van der Waals surface area contributed by atoms with Gasteiger partial charge in [0, 0.05) is 13.1 Å². The molecule has 1 saturated carbocycles. The lowest BCUT2D eigenvalue weighted by Crippen LogP contribution is -2.60. The molecule has 2 saturated heterocycles. The Morgan fingerprint density at radius 2 is 1.84 bits per heavy atom. The van der Waals surface area contributed by atoms with Crippen molar-refractivity contribution in [1.29, 1.82) is 0 Å². The van der Waals surface area contributed by atoms with Gasteiger partial charge in [0.25, 0.3) is 29.0 Å². The fourth-order valence-electron chi connectivity index (χ4n) is 5.68. The Hall–Kier alpha value is -2.21. The Morgan fingerprint density at radius 1 is 1.13 bits per heavy atom.